The molecule has 0 aliphatic heterocycles. The van der Waals surface area contributed by atoms with E-state index in [-0.39, 0.29) is 10.7 Å². The van der Waals surface area contributed by atoms with Gasteiger partial charge in [0.1, 0.15) is 16.2 Å². The van der Waals surface area contributed by atoms with Crippen molar-refractivity contribution in [2.75, 3.05) is 24.7 Å². The van der Waals surface area contributed by atoms with E-state index in [1.165, 1.54) is 13.8 Å². The van der Waals surface area contributed by atoms with Crippen LogP contribution in [0.1, 0.15) is 23.5 Å². The summed E-state index contributed by atoms with van der Waals surface area (Å²) < 4.78 is 0. The van der Waals surface area contributed by atoms with Gasteiger partial charge in [0.15, 0.2) is 5.13 Å². The van der Waals surface area contributed by atoms with Gasteiger partial charge in [-0.3, -0.25) is 9.59 Å². The Kier molecular flexibility index (Phi) is 3.80. The van der Waals surface area contributed by atoms with E-state index in [1.807, 2.05) is 0 Å². The quantitative estimate of drug-likeness (QED) is 0.700. The van der Waals surface area contributed by atoms with Crippen molar-refractivity contribution in [3.05, 3.63) is 4.88 Å². The molecule has 0 aliphatic carbocycles. The molecule has 0 saturated heterocycles. The van der Waals surface area contributed by atoms with Gasteiger partial charge in [0, 0.05) is 14.1 Å². The van der Waals surface area contributed by atoms with Crippen molar-refractivity contribution in [1.29, 1.82) is 0 Å². The first-order valence-corrected chi connectivity index (χ1v) is 6.03. The number of thiazole rings is 1. The lowest BCUT2D eigenvalue weighted by molar-refractivity contribution is -0.122. The minimum absolute atomic E-state index is 0.140. The lowest BCUT2D eigenvalue weighted by Crippen LogP contribution is -2.52. The van der Waals surface area contributed by atoms with Crippen molar-refractivity contribution in [2.45, 2.75) is 19.4 Å². The first-order valence-electron chi connectivity index (χ1n) is 5.21. The Morgan fingerprint density at radius 2 is 1.94 bits per heavy atom. The minimum Gasteiger partial charge on any atom is -0.382 e. The Morgan fingerprint density at radius 1 is 1.39 bits per heavy atom. The number of hydrogen-bond donors (Lipinski definition) is 3. The van der Waals surface area contributed by atoms with Crippen LogP contribution in [0.3, 0.4) is 0 Å². The number of primary amides is 1. The predicted octanol–water partition coefficient (Wildman–Crippen LogP) is -0.215. The molecule has 0 unspecified atom stereocenters. The van der Waals surface area contributed by atoms with Gasteiger partial charge in [-0.05, 0) is 13.8 Å². The van der Waals surface area contributed by atoms with Crippen LogP contribution in [0.4, 0.5) is 10.9 Å². The first-order chi connectivity index (χ1) is 8.15. The van der Waals surface area contributed by atoms with Crippen molar-refractivity contribution in [1.82, 2.24) is 10.3 Å². The average molecular weight is 271 g/mol. The summed E-state index contributed by atoms with van der Waals surface area (Å²) in [4.78, 5) is 29.2. The van der Waals surface area contributed by atoms with Crippen LogP contribution >= 0.6 is 11.3 Å². The van der Waals surface area contributed by atoms with E-state index >= 15 is 0 Å². The van der Waals surface area contributed by atoms with Gasteiger partial charge in [0.25, 0.3) is 5.91 Å². The van der Waals surface area contributed by atoms with Crippen LogP contribution in [-0.4, -0.2) is 36.4 Å². The third-order valence-electron chi connectivity index (χ3n) is 2.27. The van der Waals surface area contributed by atoms with E-state index in [0.29, 0.717) is 5.13 Å². The van der Waals surface area contributed by atoms with E-state index in [1.54, 1.807) is 19.0 Å². The summed E-state index contributed by atoms with van der Waals surface area (Å²) in [5.74, 6) is -0.935. The molecule has 5 N–H and O–H groups in total. The van der Waals surface area contributed by atoms with Crippen molar-refractivity contribution < 1.29 is 9.59 Å². The SMILES string of the molecule is CN(C)c1nc(N)c(C(=O)NC(C)(C)C(N)=O)s1. The number of anilines is 2. The van der Waals surface area contributed by atoms with E-state index < -0.39 is 17.4 Å². The monoisotopic (exact) mass is 271 g/mol. The summed E-state index contributed by atoms with van der Waals surface area (Å²) in [6.45, 7) is 3.05. The van der Waals surface area contributed by atoms with Crippen LogP contribution in [0.25, 0.3) is 0 Å². The molecule has 0 bridgehead atoms. The van der Waals surface area contributed by atoms with Gasteiger partial charge in [0.2, 0.25) is 5.91 Å². The molecule has 7 nitrogen and oxygen atoms in total. The molecule has 2 amide bonds. The lowest BCUT2D eigenvalue weighted by Gasteiger charge is -2.21. The summed E-state index contributed by atoms with van der Waals surface area (Å²) in [5, 5.41) is 3.14. The Hall–Kier alpha value is -1.83. The zero-order chi connectivity index (χ0) is 14.1. The molecule has 0 spiro atoms. The highest BCUT2D eigenvalue weighted by molar-refractivity contribution is 7.18. The van der Waals surface area contributed by atoms with Gasteiger partial charge in [-0.1, -0.05) is 11.3 Å². The van der Waals surface area contributed by atoms with E-state index in [9.17, 15) is 9.59 Å². The second kappa shape index (κ2) is 4.81. The highest BCUT2D eigenvalue weighted by Crippen LogP contribution is 2.26. The number of nitrogens with two attached hydrogens (primary N) is 2. The van der Waals surface area contributed by atoms with E-state index in [2.05, 4.69) is 10.3 Å². The molecule has 0 saturated carbocycles. The molecule has 0 fully saturated rings. The predicted molar refractivity (Wildman–Crippen MR) is 71.6 cm³/mol. The second-order valence-corrected chi connectivity index (χ2v) is 5.53. The Labute approximate surface area is 109 Å². The molecule has 1 aromatic rings. The van der Waals surface area contributed by atoms with Crippen LogP contribution in [0.2, 0.25) is 0 Å². The van der Waals surface area contributed by atoms with Crippen LogP contribution < -0.4 is 21.7 Å². The Morgan fingerprint density at radius 3 is 2.33 bits per heavy atom. The smallest absolute Gasteiger partial charge is 0.266 e. The van der Waals surface area contributed by atoms with E-state index in [0.717, 1.165) is 11.3 Å². The number of nitrogens with one attached hydrogen (secondary N) is 1. The molecule has 1 aromatic heterocycles. The number of carbonyl (C=O) groups is 2. The van der Waals surface area contributed by atoms with Gasteiger partial charge >= 0.3 is 0 Å². The highest BCUT2D eigenvalue weighted by atomic mass is 32.1. The Bertz CT molecular complexity index is 481. The van der Waals surface area contributed by atoms with Crippen molar-refractivity contribution in [2.24, 2.45) is 5.73 Å². The molecule has 8 heteroatoms. The van der Waals surface area contributed by atoms with Gasteiger partial charge in [-0.15, -0.1) is 0 Å². The average Bonchev–Trinajstić information content (AvgIpc) is 2.59. The van der Waals surface area contributed by atoms with Gasteiger partial charge in [-0.2, -0.15) is 0 Å². The minimum atomic E-state index is -1.13. The summed E-state index contributed by atoms with van der Waals surface area (Å²) in [6, 6.07) is 0. The molecule has 0 aliphatic rings. The van der Waals surface area contributed by atoms with Crippen molar-refractivity contribution >= 4 is 34.1 Å². The number of carbonyl (C=O) groups excluding carboxylic acids is 2. The Balaban J connectivity index is 2.95. The van der Waals surface area contributed by atoms with Gasteiger partial charge < -0.3 is 21.7 Å². The fraction of sp³-hybridized carbons (Fsp3) is 0.500. The van der Waals surface area contributed by atoms with Crippen molar-refractivity contribution in [3.63, 3.8) is 0 Å². The number of aromatic nitrogens is 1. The molecule has 18 heavy (non-hydrogen) atoms. The highest BCUT2D eigenvalue weighted by Gasteiger charge is 2.29. The maximum Gasteiger partial charge on any atom is 0.266 e. The first kappa shape index (κ1) is 14.2. The van der Waals surface area contributed by atoms with Crippen LogP contribution in [-0.2, 0) is 4.79 Å². The fourth-order valence-corrected chi connectivity index (χ4v) is 1.88. The summed E-state index contributed by atoms with van der Waals surface area (Å²) in [5.41, 5.74) is 9.72. The number of amides is 2. The molecular formula is C10H17N5O2S. The summed E-state index contributed by atoms with van der Waals surface area (Å²) in [7, 11) is 3.60. The third-order valence-corrected chi connectivity index (χ3v) is 3.51. The number of nitrogen functional groups attached to an aromatic ring is 1. The van der Waals surface area contributed by atoms with Gasteiger partial charge in [0.05, 0.1) is 0 Å². The zero-order valence-corrected chi connectivity index (χ0v) is 11.6. The fourth-order valence-electron chi connectivity index (χ4n) is 1.08. The lowest BCUT2D eigenvalue weighted by atomic mass is 10.1. The topological polar surface area (TPSA) is 114 Å². The molecule has 100 valence electrons. The van der Waals surface area contributed by atoms with Gasteiger partial charge in [-0.25, -0.2) is 4.98 Å². The zero-order valence-electron chi connectivity index (χ0n) is 10.8. The number of nitrogens with zero attached hydrogens (tertiary/aromatic N) is 2. The normalized spacial score (nSPS) is 11.1. The van der Waals surface area contributed by atoms with Crippen LogP contribution in [0.15, 0.2) is 0 Å². The van der Waals surface area contributed by atoms with Crippen LogP contribution in [0.5, 0.6) is 0 Å². The number of rotatable bonds is 4. The summed E-state index contributed by atoms with van der Waals surface area (Å²) in [6.07, 6.45) is 0. The molecule has 0 aromatic carbocycles. The number of hydrogen-bond acceptors (Lipinski definition) is 6. The third kappa shape index (κ3) is 2.89. The summed E-state index contributed by atoms with van der Waals surface area (Å²) >= 11 is 1.15. The second-order valence-electron chi connectivity index (χ2n) is 4.55. The van der Waals surface area contributed by atoms with Crippen molar-refractivity contribution in [3.8, 4) is 0 Å². The largest absolute Gasteiger partial charge is 0.382 e. The molecule has 1 rings (SSSR count). The molecular weight excluding hydrogens is 254 g/mol. The molecule has 1 heterocycles. The van der Waals surface area contributed by atoms with Crippen LogP contribution in [0, 0.1) is 0 Å². The standard InChI is InChI=1S/C10H17N5O2S/c1-10(2,8(12)17)14-7(16)5-6(11)13-9(18-5)15(3)4/h11H2,1-4H3,(H2,12,17)(H,14,16). The maximum atomic E-state index is 12.0. The van der Waals surface area contributed by atoms with E-state index in [4.69, 9.17) is 11.5 Å². The molecule has 0 atom stereocenters. The maximum absolute atomic E-state index is 12.0. The molecule has 0 radical (unpaired) electrons.